The Morgan fingerprint density at radius 1 is 1.50 bits per heavy atom. The third kappa shape index (κ3) is 4.23. The van der Waals surface area contributed by atoms with Crippen molar-refractivity contribution in [2.45, 2.75) is 0 Å². The minimum Gasteiger partial charge on any atom is -0.379 e. The Labute approximate surface area is 106 Å². The number of nitrogens with one attached hydrogen (secondary N) is 1. The Kier molecular flexibility index (Phi) is 4.80. The summed E-state index contributed by atoms with van der Waals surface area (Å²) in [5.41, 5.74) is 3.20. The van der Waals surface area contributed by atoms with Gasteiger partial charge in [0.1, 0.15) is 0 Å². The number of amides is 1. The quantitative estimate of drug-likeness (QED) is 0.595. The van der Waals surface area contributed by atoms with Crippen LogP contribution in [0.5, 0.6) is 0 Å². The number of hydrogen-bond donors (Lipinski definition) is 1. The third-order valence-corrected chi connectivity index (χ3v) is 2.54. The Bertz CT molecular complexity index is 402. The molecule has 1 aliphatic rings. The van der Waals surface area contributed by atoms with Crippen molar-refractivity contribution in [3.63, 3.8) is 0 Å². The summed E-state index contributed by atoms with van der Waals surface area (Å²) in [6, 6.07) is 5.51. The standard InChI is InChI=1S/C12H16N4O2/c17-12(10-16-5-7-18-8-6-16)15-14-9-11-3-1-2-4-13-11/h1-4,9H,5-8,10H2,(H,15,17)/b14-9+. The average Bonchev–Trinajstić information content (AvgIpc) is 2.41. The number of rotatable bonds is 4. The van der Waals surface area contributed by atoms with E-state index in [-0.39, 0.29) is 5.91 Å². The molecule has 1 fully saturated rings. The van der Waals surface area contributed by atoms with Gasteiger partial charge < -0.3 is 4.74 Å². The van der Waals surface area contributed by atoms with Crippen LogP contribution >= 0.6 is 0 Å². The van der Waals surface area contributed by atoms with Crippen LogP contribution in [0.25, 0.3) is 0 Å². The van der Waals surface area contributed by atoms with Crippen LogP contribution < -0.4 is 5.43 Å². The molecule has 6 nitrogen and oxygen atoms in total. The summed E-state index contributed by atoms with van der Waals surface area (Å²) in [6.07, 6.45) is 3.20. The van der Waals surface area contributed by atoms with Crippen molar-refractivity contribution in [1.29, 1.82) is 0 Å². The molecule has 0 radical (unpaired) electrons. The van der Waals surface area contributed by atoms with Crippen molar-refractivity contribution in [3.05, 3.63) is 30.1 Å². The van der Waals surface area contributed by atoms with Crippen molar-refractivity contribution in [2.24, 2.45) is 5.10 Å². The van der Waals surface area contributed by atoms with E-state index in [2.05, 4.69) is 15.5 Å². The third-order valence-electron chi connectivity index (χ3n) is 2.54. The lowest BCUT2D eigenvalue weighted by Gasteiger charge is -2.25. The minimum atomic E-state index is -0.121. The Balaban J connectivity index is 1.72. The van der Waals surface area contributed by atoms with Crippen LogP contribution in [-0.2, 0) is 9.53 Å². The molecule has 0 aromatic carbocycles. The Morgan fingerprint density at radius 2 is 2.33 bits per heavy atom. The molecule has 0 bridgehead atoms. The smallest absolute Gasteiger partial charge is 0.254 e. The van der Waals surface area contributed by atoms with Crippen LogP contribution in [0.15, 0.2) is 29.5 Å². The van der Waals surface area contributed by atoms with Crippen molar-refractivity contribution in [2.75, 3.05) is 32.8 Å². The zero-order valence-corrected chi connectivity index (χ0v) is 10.1. The van der Waals surface area contributed by atoms with Gasteiger partial charge in [-0.25, -0.2) is 5.43 Å². The second kappa shape index (κ2) is 6.83. The number of carbonyl (C=O) groups excluding carboxylic acids is 1. The molecule has 6 heteroatoms. The van der Waals surface area contributed by atoms with Crippen LogP contribution in [0.3, 0.4) is 0 Å². The summed E-state index contributed by atoms with van der Waals surface area (Å²) in [4.78, 5) is 17.7. The maximum atomic E-state index is 11.6. The van der Waals surface area contributed by atoms with Gasteiger partial charge in [-0.1, -0.05) is 6.07 Å². The summed E-state index contributed by atoms with van der Waals surface area (Å²) in [6.45, 7) is 3.30. The summed E-state index contributed by atoms with van der Waals surface area (Å²) >= 11 is 0. The lowest BCUT2D eigenvalue weighted by molar-refractivity contribution is -0.123. The molecule has 0 unspecified atom stereocenters. The molecule has 1 aromatic rings. The predicted molar refractivity (Wildman–Crippen MR) is 67.2 cm³/mol. The van der Waals surface area contributed by atoms with E-state index in [1.807, 2.05) is 23.1 Å². The molecule has 0 saturated carbocycles. The number of nitrogens with zero attached hydrogens (tertiary/aromatic N) is 3. The zero-order chi connectivity index (χ0) is 12.6. The Morgan fingerprint density at radius 3 is 3.06 bits per heavy atom. The molecule has 2 rings (SSSR count). The van der Waals surface area contributed by atoms with E-state index in [0.717, 1.165) is 13.1 Å². The van der Waals surface area contributed by atoms with E-state index in [1.165, 1.54) is 6.21 Å². The summed E-state index contributed by atoms with van der Waals surface area (Å²) < 4.78 is 5.21. The maximum absolute atomic E-state index is 11.6. The molecule has 1 saturated heterocycles. The average molecular weight is 248 g/mol. The number of pyridine rings is 1. The number of hydrogen-bond acceptors (Lipinski definition) is 5. The van der Waals surface area contributed by atoms with Crippen LogP contribution in [0, 0.1) is 0 Å². The molecule has 1 amide bonds. The first-order valence-corrected chi connectivity index (χ1v) is 5.87. The molecule has 0 aliphatic carbocycles. The van der Waals surface area contributed by atoms with Gasteiger partial charge in [-0.05, 0) is 12.1 Å². The van der Waals surface area contributed by atoms with Gasteiger partial charge in [0.25, 0.3) is 5.91 Å². The van der Waals surface area contributed by atoms with Crippen molar-refractivity contribution in [1.82, 2.24) is 15.3 Å². The van der Waals surface area contributed by atoms with E-state index < -0.39 is 0 Å². The molecule has 0 spiro atoms. The highest BCUT2D eigenvalue weighted by atomic mass is 16.5. The van der Waals surface area contributed by atoms with Crippen LogP contribution in [0.1, 0.15) is 5.69 Å². The van der Waals surface area contributed by atoms with Gasteiger partial charge in [0, 0.05) is 19.3 Å². The first kappa shape index (κ1) is 12.7. The molecule has 2 heterocycles. The highest BCUT2D eigenvalue weighted by molar-refractivity contribution is 5.81. The highest BCUT2D eigenvalue weighted by Crippen LogP contribution is 1.95. The van der Waals surface area contributed by atoms with Gasteiger partial charge in [0.05, 0.1) is 31.7 Å². The van der Waals surface area contributed by atoms with Crippen LogP contribution in [-0.4, -0.2) is 54.9 Å². The van der Waals surface area contributed by atoms with E-state index in [1.54, 1.807) is 6.20 Å². The fraction of sp³-hybridized carbons (Fsp3) is 0.417. The number of aromatic nitrogens is 1. The first-order chi connectivity index (χ1) is 8.84. The SMILES string of the molecule is O=C(CN1CCOCC1)N/N=C/c1ccccn1. The molecular formula is C12H16N4O2. The lowest BCUT2D eigenvalue weighted by Crippen LogP contribution is -2.42. The zero-order valence-electron chi connectivity index (χ0n) is 10.1. The van der Waals surface area contributed by atoms with Gasteiger partial charge in [0.15, 0.2) is 0 Å². The fourth-order valence-electron chi connectivity index (χ4n) is 1.62. The van der Waals surface area contributed by atoms with E-state index in [9.17, 15) is 4.79 Å². The number of ether oxygens (including phenoxy) is 1. The second-order valence-electron chi connectivity index (χ2n) is 3.94. The molecule has 96 valence electrons. The largest absolute Gasteiger partial charge is 0.379 e. The fourth-order valence-corrected chi connectivity index (χ4v) is 1.62. The molecule has 1 N–H and O–H groups in total. The number of morpholine rings is 1. The maximum Gasteiger partial charge on any atom is 0.254 e. The van der Waals surface area contributed by atoms with E-state index >= 15 is 0 Å². The molecule has 0 atom stereocenters. The van der Waals surface area contributed by atoms with Crippen LogP contribution in [0.2, 0.25) is 0 Å². The monoisotopic (exact) mass is 248 g/mol. The Hall–Kier alpha value is -1.79. The molecule has 1 aromatic heterocycles. The lowest BCUT2D eigenvalue weighted by atomic mass is 10.4. The normalized spacial score (nSPS) is 16.9. The van der Waals surface area contributed by atoms with Gasteiger partial charge >= 0.3 is 0 Å². The van der Waals surface area contributed by atoms with Gasteiger partial charge in [-0.15, -0.1) is 0 Å². The summed E-state index contributed by atoms with van der Waals surface area (Å²) in [5, 5.41) is 3.86. The summed E-state index contributed by atoms with van der Waals surface area (Å²) in [5.74, 6) is -0.121. The van der Waals surface area contributed by atoms with Crippen LogP contribution in [0.4, 0.5) is 0 Å². The first-order valence-electron chi connectivity index (χ1n) is 5.87. The van der Waals surface area contributed by atoms with Crippen molar-refractivity contribution >= 4 is 12.1 Å². The molecule has 1 aliphatic heterocycles. The second-order valence-corrected chi connectivity index (χ2v) is 3.94. The molecule has 18 heavy (non-hydrogen) atoms. The van der Waals surface area contributed by atoms with Gasteiger partial charge in [-0.3, -0.25) is 14.7 Å². The van der Waals surface area contributed by atoms with Crippen molar-refractivity contribution < 1.29 is 9.53 Å². The summed E-state index contributed by atoms with van der Waals surface area (Å²) in [7, 11) is 0. The van der Waals surface area contributed by atoms with Gasteiger partial charge in [-0.2, -0.15) is 5.10 Å². The number of hydrazone groups is 1. The topological polar surface area (TPSA) is 66.8 Å². The predicted octanol–water partition coefficient (Wildman–Crippen LogP) is -0.136. The minimum absolute atomic E-state index is 0.121. The highest BCUT2D eigenvalue weighted by Gasteiger charge is 2.13. The van der Waals surface area contributed by atoms with Gasteiger partial charge in [0.2, 0.25) is 0 Å². The molecular weight excluding hydrogens is 232 g/mol. The van der Waals surface area contributed by atoms with E-state index in [0.29, 0.717) is 25.5 Å². The number of carbonyl (C=O) groups is 1. The van der Waals surface area contributed by atoms with Crippen molar-refractivity contribution in [3.8, 4) is 0 Å². The van der Waals surface area contributed by atoms with E-state index in [4.69, 9.17) is 4.74 Å².